The minimum Gasteiger partial charge on any atom is -0.479 e. The Labute approximate surface area is 208 Å². The van der Waals surface area contributed by atoms with Crippen LogP contribution in [-0.4, -0.2) is 37.6 Å². The number of nitrogens with zero attached hydrogens (tertiary/aromatic N) is 5. The molecule has 5 heterocycles. The van der Waals surface area contributed by atoms with Crippen molar-refractivity contribution in [2.75, 3.05) is 18.8 Å². The lowest BCUT2D eigenvalue weighted by Crippen LogP contribution is -2.29. The molecule has 6 rings (SSSR count). The predicted molar refractivity (Wildman–Crippen MR) is 138 cm³/mol. The van der Waals surface area contributed by atoms with Gasteiger partial charge in [-0.05, 0) is 50.0 Å². The number of aromatic nitrogens is 5. The number of ether oxygens (including phenoxy) is 1. The minimum atomic E-state index is -0.271. The van der Waals surface area contributed by atoms with Crippen molar-refractivity contribution < 1.29 is 9.15 Å². The number of nitrogens with two attached hydrogens (primary N) is 1. The van der Waals surface area contributed by atoms with Gasteiger partial charge in [0.05, 0.1) is 23.8 Å². The van der Waals surface area contributed by atoms with Crippen molar-refractivity contribution >= 4 is 16.8 Å². The molecule has 0 aliphatic carbocycles. The number of furan rings is 1. The maximum Gasteiger partial charge on any atom is 0.205 e. The Morgan fingerprint density at radius 3 is 2.72 bits per heavy atom. The third kappa shape index (κ3) is 4.11. The molecule has 1 fully saturated rings. The highest BCUT2D eigenvalue weighted by atomic mass is 16.5. The maximum absolute atomic E-state index is 6.36. The number of fused-ring (bicyclic) bond motifs is 1. The number of nitrogen functional groups attached to an aromatic ring is 1. The maximum atomic E-state index is 6.36. The second kappa shape index (κ2) is 9.16. The summed E-state index contributed by atoms with van der Waals surface area (Å²) < 4.78 is 16.2. The van der Waals surface area contributed by atoms with Gasteiger partial charge in [0, 0.05) is 42.3 Å². The molecule has 5 aromatic rings. The molecule has 1 unspecified atom stereocenters. The van der Waals surface area contributed by atoms with Crippen LogP contribution in [0.4, 0.5) is 5.82 Å². The van der Waals surface area contributed by atoms with Gasteiger partial charge >= 0.3 is 0 Å². The first-order valence-corrected chi connectivity index (χ1v) is 12.2. The second-order valence-corrected chi connectivity index (χ2v) is 9.34. The lowest BCUT2D eigenvalue weighted by atomic mass is 10.0. The molecule has 0 spiro atoms. The number of pyridine rings is 1. The summed E-state index contributed by atoms with van der Waals surface area (Å²) >= 11 is 0. The molecule has 36 heavy (non-hydrogen) atoms. The molecular formula is C27H29N7O2. The van der Waals surface area contributed by atoms with E-state index in [0.29, 0.717) is 23.2 Å². The molecule has 9 heteroatoms. The van der Waals surface area contributed by atoms with E-state index < -0.39 is 0 Å². The largest absolute Gasteiger partial charge is 0.479 e. The molecule has 9 nitrogen and oxygen atoms in total. The Morgan fingerprint density at radius 2 is 1.92 bits per heavy atom. The molecule has 184 valence electrons. The lowest BCUT2D eigenvalue weighted by Gasteiger charge is -2.22. The standard InChI is InChI=1S/C27H29N7O2/c1-17(18-4-3-5-19(10-18)20-11-31-33(2)14-20)36-26-25-23(13-30-27(26)28)24(16-35-25)21-12-32-34(15-21)22-6-8-29-9-7-22/h3-5,10-17,22,29H,6-9H2,1-2H3,(H2,28,30). The number of aryl methyl sites for hydroxylation is 1. The summed E-state index contributed by atoms with van der Waals surface area (Å²) in [5, 5.41) is 13.2. The van der Waals surface area contributed by atoms with Crippen LogP contribution in [0.3, 0.4) is 0 Å². The topological polar surface area (TPSA) is 109 Å². The van der Waals surface area contributed by atoms with Gasteiger partial charge < -0.3 is 20.2 Å². The van der Waals surface area contributed by atoms with E-state index in [4.69, 9.17) is 14.9 Å². The van der Waals surface area contributed by atoms with Crippen molar-refractivity contribution in [2.24, 2.45) is 7.05 Å². The number of rotatable bonds is 6. The summed E-state index contributed by atoms with van der Waals surface area (Å²) in [6.07, 6.45) is 13.2. The smallest absolute Gasteiger partial charge is 0.205 e. The summed E-state index contributed by atoms with van der Waals surface area (Å²) in [5.41, 5.74) is 11.9. The first-order valence-electron chi connectivity index (χ1n) is 12.2. The first kappa shape index (κ1) is 22.4. The van der Waals surface area contributed by atoms with E-state index in [-0.39, 0.29) is 6.10 Å². The molecule has 0 radical (unpaired) electrons. The molecule has 1 saturated heterocycles. The molecular weight excluding hydrogens is 454 g/mol. The molecule has 1 aromatic carbocycles. The van der Waals surface area contributed by atoms with Crippen molar-refractivity contribution in [3.8, 4) is 28.0 Å². The van der Waals surface area contributed by atoms with E-state index in [9.17, 15) is 0 Å². The van der Waals surface area contributed by atoms with Gasteiger partial charge in [-0.25, -0.2) is 4.98 Å². The summed E-state index contributed by atoms with van der Waals surface area (Å²) in [6, 6.07) is 8.64. The van der Waals surface area contributed by atoms with Crippen molar-refractivity contribution in [1.82, 2.24) is 29.9 Å². The molecule has 4 aromatic heterocycles. The number of hydrogen-bond acceptors (Lipinski definition) is 7. The van der Waals surface area contributed by atoms with Gasteiger partial charge in [0.15, 0.2) is 11.4 Å². The highest BCUT2D eigenvalue weighted by molar-refractivity contribution is 5.97. The van der Waals surface area contributed by atoms with Crippen molar-refractivity contribution in [3.05, 3.63) is 67.1 Å². The van der Waals surface area contributed by atoms with Crippen LogP contribution in [0.1, 0.15) is 37.5 Å². The summed E-state index contributed by atoms with van der Waals surface area (Å²) in [7, 11) is 1.91. The molecule has 1 aliphatic heterocycles. The van der Waals surface area contributed by atoms with Crippen LogP contribution in [0.15, 0.2) is 65.9 Å². The number of piperidine rings is 1. The number of nitrogens with one attached hydrogen (secondary N) is 1. The molecule has 0 bridgehead atoms. The molecule has 0 saturated carbocycles. The Morgan fingerprint density at radius 1 is 1.08 bits per heavy atom. The van der Waals surface area contributed by atoms with Gasteiger partial charge in [-0.15, -0.1) is 0 Å². The highest BCUT2D eigenvalue weighted by Gasteiger charge is 2.21. The monoisotopic (exact) mass is 483 g/mol. The van der Waals surface area contributed by atoms with Crippen LogP contribution < -0.4 is 15.8 Å². The first-order chi connectivity index (χ1) is 17.6. The zero-order chi connectivity index (χ0) is 24.6. The van der Waals surface area contributed by atoms with Crippen LogP contribution in [0.25, 0.3) is 33.2 Å². The van der Waals surface area contributed by atoms with Gasteiger partial charge in [-0.2, -0.15) is 10.2 Å². The van der Waals surface area contributed by atoms with E-state index in [2.05, 4.69) is 43.5 Å². The van der Waals surface area contributed by atoms with Crippen LogP contribution >= 0.6 is 0 Å². The summed E-state index contributed by atoms with van der Waals surface area (Å²) in [5.74, 6) is 0.743. The van der Waals surface area contributed by atoms with Crippen LogP contribution in [0.2, 0.25) is 0 Å². The third-order valence-electron chi connectivity index (χ3n) is 6.89. The highest BCUT2D eigenvalue weighted by Crippen LogP contribution is 2.40. The zero-order valence-corrected chi connectivity index (χ0v) is 20.4. The molecule has 1 atom stereocenters. The molecule has 1 aliphatic rings. The van der Waals surface area contributed by atoms with E-state index >= 15 is 0 Å². The SMILES string of the molecule is CC(Oc1c(N)ncc2c(-c3cnn(C4CCNCC4)c3)coc12)c1cccc(-c2cnn(C)c2)c1. The lowest BCUT2D eigenvalue weighted by molar-refractivity contribution is 0.228. The van der Waals surface area contributed by atoms with E-state index in [1.807, 2.05) is 44.7 Å². The number of hydrogen-bond donors (Lipinski definition) is 2. The van der Waals surface area contributed by atoms with Gasteiger partial charge in [-0.1, -0.05) is 18.2 Å². The zero-order valence-electron chi connectivity index (χ0n) is 20.4. The van der Waals surface area contributed by atoms with Crippen LogP contribution in [0.5, 0.6) is 5.75 Å². The van der Waals surface area contributed by atoms with Gasteiger partial charge in [-0.3, -0.25) is 9.36 Å². The van der Waals surface area contributed by atoms with E-state index in [0.717, 1.165) is 59.1 Å². The number of anilines is 1. The predicted octanol–water partition coefficient (Wildman–Crippen LogP) is 4.74. The van der Waals surface area contributed by atoms with Crippen LogP contribution in [0, 0.1) is 0 Å². The molecule has 3 N–H and O–H groups in total. The van der Waals surface area contributed by atoms with E-state index in [1.54, 1.807) is 17.1 Å². The normalized spacial score (nSPS) is 15.4. The Bertz CT molecular complexity index is 1510. The minimum absolute atomic E-state index is 0.271. The fourth-order valence-corrected chi connectivity index (χ4v) is 4.85. The van der Waals surface area contributed by atoms with Gasteiger partial charge in [0.1, 0.15) is 12.4 Å². The van der Waals surface area contributed by atoms with Gasteiger partial charge in [0.25, 0.3) is 0 Å². The van der Waals surface area contributed by atoms with Crippen LogP contribution in [-0.2, 0) is 7.05 Å². The van der Waals surface area contributed by atoms with E-state index in [1.165, 1.54) is 0 Å². The summed E-state index contributed by atoms with van der Waals surface area (Å²) in [4.78, 5) is 4.42. The van der Waals surface area contributed by atoms with Crippen molar-refractivity contribution in [1.29, 1.82) is 0 Å². The average molecular weight is 484 g/mol. The quantitative estimate of drug-likeness (QED) is 0.359. The van der Waals surface area contributed by atoms with Gasteiger partial charge in [0.2, 0.25) is 5.75 Å². The Balaban J connectivity index is 1.29. The van der Waals surface area contributed by atoms with Crippen molar-refractivity contribution in [2.45, 2.75) is 31.9 Å². The fourth-order valence-electron chi connectivity index (χ4n) is 4.85. The fraction of sp³-hybridized carbons (Fsp3) is 0.296. The van der Waals surface area contributed by atoms with Crippen molar-refractivity contribution in [3.63, 3.8) is 0 Å². The summed E-state index contributed by atoms with van der Waals surface area (Å²) in [6.45, 7) is 4.02. The Hall–Kier alpha value is -4.11. The molecule has 0 amide bonds. The number of benzene rings is 1. The Kier molecular flexibility index (Phi) is 5.69. The average Bonchev–Trinajstić information content (AvgIpc) is 3.66. The second-order valence-electron chi connectivity index (χ2n) is 9.34. The third-order valence-corrected chi connectivity index (χ3v) is 6.89.